The number of nitrogens with one attached hydrogen (secondary N) is 1. The Kier molecular flexibility index (Phi) is 8.91. The zero-order valence-electron chi connectivity index (χ0n) is 18.4. The first-order chi connectivity index (χ1) is 15.9. The molecule has 0 radical (unpaired) electrons. The van der Waals surface area contributed by atoms with Crippen LogP contribution in [0.5, 0.6) is 11.5 Å². The number of hydrogen-bond acceptors (Lipinski definition) is 8. The minimum absolute atomic E-state index is 0.0637. The van der Waals surface area contributed by atoms with Crippen LogP contribution in [0.4, 0.5) is 0 Å². The van der Waals surface area contributed by atoms with Crippen molar-refractivity contribution in [1.82, 2.24) is 10.4 Å². The molecule has 1 aromatic carbocycles. The van der Waals surface area contributed by atoms with E-state index in [4.69, 9.17) is 9.57 Å². The van der Waals surface area contributed by atoms with Gasteiger partial charge in [-0.25, -0.2) is 4.79 Å². The molecule has 4 N–H and O–H groups in total. The molecule has 3 rings (SSSR count). The molecule has 2 heterocycles. The molecule has 2 aliphatic heterocycles. The molecule has 1 unspecified atom stereocenters. The molecular formula is C24H30N2O7. The van der Waals surface area contributed by atoms with Crippen LogP contribution in [0.25, 0.3) is 6.08 Å². The number of hydrogen-bond donors (Lipinski definition) is 4. The Morgan fingerprint density at radius 3 is 2.76 bits per heavy atom. The van der Waals surface area contributed by atoms with Gasteiger partial charge in [0, 0.05) is 19.2 Å². The smallest absolute Gasteiger partial charge is 0.342 e. The third-order valence-corrected chi connectivity index (χ3v) is 5.29. The number of amides is 1. The Labute approximate surface area is 192 Å². The summed E-state index contributed by atoms with van der Waals surface area (Å²) in [7, 11) is 0. The number of hydroxylamine groups is 1. The van der Waals surface area contributed by atoms with Gasteiger partial charge in [-0.15, -0.1) is 0 Å². The van der Waals surface area contributed by atoms with Crippen molar-refractivity contribution in [2.24, 2.45) is 0 Å². The van der Waals surface area contributed by atoms with Gasteiger partial charge in [-0.05, 0) is 55.9 Å². The van der Waals surface area contributed by atoms with Crippen molar-refractivity contribution in [2.75, 3.05) is 26.3 Å². The highest BCUT2D eigenvalue weighted by Gasteiger charge is 2.20. The summed E-state index contributed by atoms with van der Waals surface area (Å²) in [6.07, 6.45) is 11.2. The average Bonchev–Trinajstić information content (AvgIpc) is 2.78. The normalized spacial score (nSPS) is 21.4. The van der Waals surface area contributed by atoms with E-state index in [9.17, 15) is 24.9 Å². The number of benzene rings is 1. The first-order valence-electron chi connectivity index (χ1n) is 11.1. The predicted molar refractivity (Wildman–Crippen MR) is 121 cm³/mol. The fourth-order valence-corrected chi connectivity index (χ4v) is 3.62. The van der Waals surface area contributed by atoms with E-state index >= 15 is 0 Å². The van der Waals surface area contributed by atoms with Crippen LogP contribution in [0.15, 0.2) is 42.1 Å². The van der Waals surface area contributed by atoms with E-state index in [1.54, 1.807) is 29.2 Å². The highest BCUT2D eigenvalue weighted by atomic mass is 16.6. The Hall–Kier alpha value is -3.30. The molecule has 2 aliphatic rings. The maximum atomic E-state index is 12.6. The number of esters is 1. The van der Waals surface area contributed by atoms with Gasteiger partial charge in [-0.2, -0.15) is 0 Å². The molecule has 1 atom stereocenters. The number of ether oxygens (including phenoxy) is 1. The minimum Gasteiger partial charge on any atom is -0.508 e. The lowest BCUT2D eigenvalue weighted by Crippen LogP contribution is -2.39. The molecule has 9 heteroatoms. The monoisotopic (exact) mass is 458 g/mol. The van der Waals surface area contributed by atoms with Crippen molar-refractivity contribution >= 4 is 18.0 Å². The predicted octanol–water partition coefficient (Wildman–Crippen LogP) is 2.40. The number of aromatic hydroxyl groups is 2. The Morgan fingerprint density at radius 1 is 1.18 bits per heavy atom. The van der Waals surface area contributed by atoms with Gasteiger partial charge in [0.2, 0.25) is 0 Å². The van der Waals surface area contributed by atoms with Crippen molar-refractivity contribution in [3.05, 3.63) is 53.3 Å². The highest BCUT2D eigenvalue weighted by Crippen LogP contribution is 2.29. The molecule has 0 saturated carbocycles. The van der Waals surface area contributed by atoms with Crippen LogP contribution in [0.3, 0.4) is 0 Å². The zero-order chi connectivity index (χ0) is 23.6. The number of carbonyl (C=O) groups excluding carboxylic acids is 2. The number of phenols is 2. The van der Waals surface area contributed by atoms with Gasteiger partial charge in [-0.3, -0.25) is 15.1 Å². The number of likely N-dealkylation sites (tertiary alicyclic amines) is 1. The summed E-state index contributed by atoms with van der Waals surface area (Å²) < 4.78 is 5.22. The fraction of sp³-hybridized carbons (Fsp3) is 0.417. The number of carbonyl (C=O) groups is 2. The van der Waals surface area contributed by atoms with E-state index in [0.717, 1.165) is 25.3 Å². The molecule has 0 bridgehead atoms. The molecule has 0 aromatic heterocycles. The standard InChI is InChI=1S/C24H30N2O7/c27-19-8-2-5-12-32-24(31)23-17(14-20(28)15-21(23)29)13-18(7-6-9-19)25-33-16-22(30)26-10-3-1-4-11-26/h2,6-8,13-15,19,25,27-29H,1,3-5,9-12,16H2/b7-6?,8-2?,18-13-. The quantitative estimate of drug-likeness (QED) is 0.308. The van der Waals surface area contributed by atoms with Crippen molar-refractivity contribution in [3.63, 3.8) is 0 Å². The summed E-state index contributed by atoms with van der Waals surface area (Å²) >= 11 is 0. The fourth-order valence-electron chi connectivity index (χ4n) is 3.62. The minimum atomic E-state index is -0.755. The van der Waals surface area contributed by atoms with Crippen LogP contribution >= 0.6 is 0 Å². The number of fused-ring (bicyclic) bond motifs is 1. The molecule has 1 amide bonds. The van der Waals surface area contributed by atoms with E-state index < -0.39 is 17.8 Å². The number of aliphatic hydroxyl groups excluding tert-OH is 1. The van der Waals surface area contributed by atoms with Gasteiger partial charge in [0.25, 0.3) is 5.91 Å². The Morgan fingerprint density at radius 2 is 1.97 bits per heavy atom. The van der Waals surface area contributed by atoms with Gasteiger partial charge in [-0.1, -0.05) is 18.2 Å². The number of piperidine rings is 1. The number of cyclic esters (lactones) is 1. The summed E-state index contributed by atoms with van der Waals surface area (Å²) in [5, 5.41) is 30.3. The number of allylic oxidation sites excluding steroid dienone is 1. The number of rotatable bonds is 4. The highest BCUT2D eigenvalue weighted by molar-refractivity contribution is 5.97. The number of nitrogens with zero attached hydrogens (tertiary/aromatic N) is 1. The first-order valence-corrected chi connectivity index (χ1v) is 11.1. The summed E-state index contributed by atoms with van der Waals surface area (Å²) in [5.74, 6) is -1.55. The summed E-state index contributed by atoms with van der Waals surface area (Å²) in [6.45, 7) is 1.30. The molecule has 1 aromatic rings. The lowest BCUT2D eigenvalue weighted by Gasteiger charge is -2.26. The lowest BCUT2D eigenvalue weighted by atomic mass is 10.0. The van der Waals surface area contributed by atoms with Crippen LogP contribution < -0.4 is 5.48 Å². The van der Waals surface area contributed by atoms with Crippen LogP contribution in [0, 0.1) is 0 Å². The van der Waals surface area contributed by atoms with E-state index in [2.05, 4.69) is 5.48 Å². The average molecular weight is 459 g/mol. The van der Waals surface area contributed by atoms with Gasteiger partial charge in [0.1, 0.15) is 17.1 Å². The summed E-state index contributed by atoms with van der Waals surface area (Å²) in [4.78, 5) is 32.1. The van der Waals surface area contributed by atoms with Gasteiger partial charge in [0.05, 0.1) is 18.4 Å². The van der Waals surface area contributed by atoms with Crippen LogP contribution in [0.1, 0.15) is 48.0 Å². The topological polar surface area (TPSA) is 129 Å². The molecule has 178 valence electrons. The molecule has 1 saturated heterocycles. The molecule has 0 aliphatic carbocycles. The third kappa shape index (κ3) is 7.37. The maximum absolute atomic E-state index is 12.6. The number of aliphatic hydroxyl groups is 1. The van der Waals surface area contributed by atoms with E-state index in [1.165, 1.54) is 12.1 Å². The van der Waals surface area contributed by atoms with E-state index in [0.29, 0.717) is 31.6 Å². The van der Waals surface area contributed by atoms with Gasteiger partial charge < -0.3 is 25.0 Å². The second-order valence-electron chi connectivity index (χ2n) is 7.92. The van der Waals surface area contributed by atoms with Crippen molar-refractivity contribution < 1.29 is 34.5 Å². The number of phenolic OH excluding ortho intramolecular Hbond substituents is 2. The molecule has 1 fully saturated rings. The van der Waals surface area contributed by atoms with Crippen LogP contribution in [0.2, 0.25) is 0 Å². The summed E-state index contributed by atoms with van der Waals surface area (Å²) in [5.41, 5.74) is 3.13. The van der Waals surface area contributed by atoms with Crippen molar-refractivity contribution in [1.29, 1.82) is 0 Å². The van der Waals surface area contributed by atoms with Crippen LogP contribution in [-0.4, -0.2) is 64.5 Å². The second kappa shape index (κ2) is 12.1. The summed E-state index contributed by atoms with van der Waals surface area (Å²) in [6, 6.07) is 2.37. The Bertz CT molecular complexity index is 933. The maximum Gasteiger partial charge on any atom is 0.342 e. The molecule has 9 nitrogen and oxygen atoms in total. The van der Waals surface area contributed by atoms with Crippen molar-refractivity contribution in [2.45, 2.75) is 38.2 Å². The van der Waals surface area contributed by atoms with Crippen LogP contribution in [-0.2, 0) is 14.4 Å². The molecule has 33 heavy (non-hydrogen) atoms. The third-order valence-electron chi connectivity index (χ3n) is 5.29. The van der Waals surface area contributed by atoms with E-state index in [1.807, 2.05) is 0 Å². The zero-order valence-corrected chi connectivity index (χ0v) is 18.4. The Balaban J connectivity index is 1.83. The van der Waals surface area contributed by atoms with Crippen molar-refractivity contribution in [3.8, 4) is 11.5 Å². The van der Waals surface area contributed by atoms with Gasteiger partial charge >= 0.3 is 5.97 Å². The molecule has 0 spiro atoms. The largest absolute Gasteiger partial charge is 0.508 e. The van der Waals surface area contributed by atoms with E-state index in [-0.39, 0.29) is 36.0 Å². The first kappa shape index (κ1) is 24.3. The van der Waals surface area contributed by atoms with Gasteiger partial charge in [0.15, 0.2) is 6.61 Å². The second-order valence-corrected chi connectivity index (χ2v) is 7.92. The molecular weight excluding hydrogens is 428 g/mol. The lowest BCUT2D eigenvalue weighted by molar-refractivity contribution is -0.139. The SMILES string of the molecule is O=C1OCCC=CC(O)CC=C/C(NOCC(=O)N2CCCCC2)=C/c2cc(O)cc(O)c21.